The zero-order valence-electron chi connectivity index (χ0n) is 6.82. The minimum atomic E-state index is 0.609. The minimum Gasteiger partial charge on any atom is -0.311 e. The summed E-state index contributed by atoms with van der Waals surface area (Å²) in [5, 5.41) is 3.61. The summed E-state index contributed by atoms with van der Waals surface area (Å²) in [4.78, 5) is 0. The predicted octanol–water partition coefficient (Wildman–Crippen LogP) is 1.93. The Labute approximate surface area is 63.2 Å². The van der Waals surface area contributed by atoms with Gasteiger partial charge in [0.1, 0.15) is 0 Å². The van der Waals surface area contributed by atoms with E-state index in [0.29, 0.717) is 5.54 Å². The Morgan fingerprint density at radius 1 is 1.50 bits per heavy atom. The van der Waals surface area contributed by atoms with Crippen molar-refractivity contribution in [3.63, 3.8) is 0 Å². The second-order valence-corrected chi connectivity index (χ2v) is 3.83. The third-order valence-electron chi connectivity index (χ3n) is 3.54. The van der Waals surface area contributed by atoms with Gasteiger partial charge in [0.15, 0.2) is 0 Å². The highest BCUT2D eigenvalue weighted by atomic mass is 15.1. The highest BCUT2D eigenvalue weighted by Crippen LogP contribution is 2.41. The van der Waals surface area contributed by atoms with Gasteiger partial charge in [0.2, 0.25) is 0 Å². The van der Waals surface area contributed by atoms with E-state index in [4.69, 9.17) is 0 Å². The van der Waals surface area contributed by atoms with Gasteiger partial charge in [0.25, 0.3) is 0 Å². The van der Waals surface area contributed by atoms with Crippen LogP contribution in [0.2, 0.25) is 0 Å². The summed E-state index contributed by atoms with van der Waals surface area (Å²) < 4.78 is 0. The highest BCUT2D eigenvalue weighted by molar-refractivity contribution is 5.04. The maximum Gasteiger partial charge on any atom is 0.0219 e. The van der Waals surface area contributed by atoms with Gasteiger partial charge in [-0.05, 0) is 25.2 Å². The molecule has 58 valence electrons. The molecule has 2 atom stereocenters. The van der Waals surface area contributed by atoms with Crippen molar-refractivity contribution in [3.8, 4) is 0 Å². The van der Waals surface area contributed by atoms with Crippen molar-refractivity contribution in [2.75, 3.05) is 6.54 Å². The van der Waals surface area contributed by atoms with Gasteiger partial charge < -0.3 is 5.32 Å². The predicted molar refractivity (Wildman–Crippen MR) is 43.0 cm³/mol. The van der Waals surface area contributed by atoms with Crippen molar-refractivity contribution in [1.29, 1.82) is 0 Å². The van der Waals surface area contributed by atoms with Crippen LogP contribution in [-0.4, -0.2) is 12.1 Å². The van der Waals surface area contributed by atoms with Crippen LogP contribution in [0.1, 0.15) is 39.0 Å². The van der Waals surface area contributed by atoms with Gasteiger partial charge in [-0.3, -0.25) is 0 Å². The molecule has 1 saturated heterocycles. The molecule has 1 nitrogen and oxygen atoms in total. The summed E-state index contributed by atoms with van der Waals surface area (Å²) in [6.07, 6.45) is 7.21. The summed E-state index contributed by atoms with van der Waals surface area (Å²) in [7, 11) is 0. The lowest BCUT2D eigenvalue weighted by Gasteiger charge is -2.53. The van der Waals surface area contributed by atoms with Crippen LogP contribution in [0.15, 0.2) is 0 Å². The lowest BCUT2D eigenvalue weighted by Crippen LogP contribution is -2.65. The van der Waals surface area contributed by atoms with Crippen LogP contribution in [-0.2, 0) is 0 Å². The van der Waals surface area contributed by atoms with Crippen molar-refractivity contribution < 1.29 is 0 Å². The highest BCUT2D eigenvalue weighted by Gasteiger charge is 2.45. The van der Waals surface area contributed by atoms with Gasteiger partial charge >= 0.3 is 0 Å². The van der Waals surface area contributed by atoms with Crippen LogP contribution >= 0.6 is 0 Å². The van der Waals surface area contributed by atoms with E-state index < -0.39 is 0 Å². The summed E-state index contributed by atoms with van der Waals surface area (Å²) in [5.41, 5.74) is 0.609. The van der Waals surface area contributed by atoms with Crippen LogP contribution in [0.4, 0.5) is 0 Å². The first-order valence-electron chi connectivity index (χ1n) is 4.62. The first-order valence-corrected chi connectivity index (χ1v) is 4.62. The Morgan fingerprint density at radius 3 is 2.80 bits per heavy atom. The Balaban J connectivity index is 2.04. The first kappa shape index (κ1) is 6.66. The molecule has 1 aliphatic heterocycles. The Hall–Kier alpha value is -0.0400. The Bertz CT molecular complexity index is 129. The molecule has 2 aliphatic rings. The monoisotopic (exact) mass is 139 g/mol. The number of nitrogens with one attached hydrogen (secondary N) is 1. The summed E-state index contributed by atoms with van der Waals surface area (Å²) in [6, 6.07) is 0. The topological polar surface area (TPSA) is 12.0 Å². The fourth-order valence-corrected chi connectivity index (χ4v) is 2.63. The zero-order chi connectivity index (χ0) is 7.03. The molecule has 1 saturated carbocycles. The molecule has 0 aromatic rings. The van der Waals surface area contributed by atoms with E-state index in [1.54, 1.807) is 0 Å². The maximum atomic E-state index is 3.61. The quantitative estimate of drug-likeness (QED) is 0.585. The van der Waals surface area contributed by atoms with E-state index in [9.17, 15) is 0 Å². The molecule has 1 heterocycles. The van der Waals surface area contributed by atoms with Gasteiger partial charge in [-0.1, -0.05) is 19.8 Å². The van der Waals surface area contributed by atoms with E-state index in [1.165, 1.54) is 38.6 Å². The number of fused-ring (bicyclic) bond motifs is 1. The van der Waals surface area contributed by atoms with E-state index in [1.807, 2.05) is 0 Å². The lowest BCUT2D eigenvalue weighted by molar-refractivity contribution is 0.0473. The van der Waals surface area contributed by atoms with Crippen molar-refractivity contribution >= 4 is 0 Å². The Morgan fingerprint density at radius 2 is 2.40 bits per heavy atom. The van der Waals surface area contributed by atoms with Crippen molar-refractivity contribution in [3.05, 3.63) is 0 Å². The normalized spacial score (nSPS) is 45.9. The largest absolute Gasteiger partial charge is 0.311 e. The molecular weight excluding hydrogens is 122 g/mol. The van der Waals surface area contributed by atoms with Crippen LogP contribution < -0.4 is 5.32 Å². The van der Waals surface area contributed by atoms with Gasteiger partial charge in [-0.2, -0.15) is 0 Å². The molecule has 2 fully saturated rings. The van der Waals surface area contributed by atoms with E-state index in [2.05, 4.69) is 12.2 Å². The molecule has 1 aliphatic carbocycles. The molecule has 1 heteroatoms. The second kappa shape index (κ2) is 2.23. The standard InChI is InChI=1S/C9H17N/c1-2-9-6-4-3-5-8(9)7-10-9/h8,10H,2-7H2,1H3/t8-,9-/m0/s1. The lowest BCUT2D eigenvalue weighted by atomic mass is 9.66. The maximum absolute atomic E-state index is 3.61. The molecule has 0 bridgehead atoms. The van der Waals surface area contributed by atoms with E-state index in [0.717, 1.165) is 5.92 Å². The molecule has 10 heavy (non-hydrogen) atoms. The first-order chi connectivity index (χ1) is 4.87. The number of hydrogen-bond donors (Lipinski definition) is 1. The molecule has 0 spiro atoms. The van der Waals surface area contributed by atoms with Crippen molar-refractivity contribution in [2.24, 2.45) is 5.92 Å². The van der Waals surface area contributed by atoms with Gasteiger partial charge in [0, 0.05) is 12.1 Å². The fraction of sp³-hybridized carbons (Fsp3) is 1.00. The van der Waals surface area contributed by atoms with Crippen molar-refractivity contribution in [2.45, 2.75) is 44.6 Å². The molecule has 0 radical (unpaired) electrons. The van der Waals surface area contributed by atoms with Crippen LogP contribution in [0.3, 0.4) is 0 Å². The summed E-state index contributed by atoms with van der Waals surface area (Å²) in [6.45, 7) is 3.62. The van der Waals surface area contributed by atoms with Crippen LogP contribution in [0.5, 0.6) is 0 Å². The molecular formula is C9H17N. The SMILES string of the molecule is CC[C@]12CCCC[C@H]1CN2. The molecule has 0 aromatic heterocycles. The van der Waals surface area contributed by atoms with E-state index in [-0.39, 0.29) is 0 Å². The zero-order valence-corrected chi connectivity index (χ0v) is 6.82. The van der Waals surface area contributed by atoms with E-state index >= 15 is 0 Å². The third kappa shape index (κ3) is 0.731. The number of hydrogen-bond acceptors (Lipinski definition) is 1. The second-order valence-electron chi connectivity index (χ2n) is 3.83. The summed E-state index contributed by atoms with van der Waals surface area (Å²) in [5.74, 6) is 1.03. The smallest absolute Gasteiger partial charge is 0.0219 e. The number of rotatable bonds is 1. The molecule has 0 aromatic carbocycles. The molecule has 0 unspecified atom stereocenters. The molecule has 0 amide bonds. The van der Waals surface area contributed by atoms with Crippen molar-refractivity contribution in [1.82, 2.24) is 5.32 Å². The Kier molecular flexibility index (Phi) is 1.48. The molecule has 2 rings (SSSR count). The average molecular weight is 139 g/mol. The molecule has 1 N–H and O–H groups in total. The van der Waals surface area contributed by atoms with Gasteiger partial charge in [0.05, 0.1) is 0 Å². The minimum absolute atomic E-state index is 0.609. The third-order valence-corrected chi connectivity index (χ3v) is 3.54. The van der Waals surface area contributed by atoms with Gasteiger partial charge in [-0.25, -0.2) is 0 Å². The fourth-order valence-electron chi connectivity index (χ4n) is 2.63. The average Bonchev–Trinajstić information content (AvgIpc) is 1.93. The van der Waals surface area contributed by atoms with Crippen LogP contribution in [0, 0.1) is 5.92 Å². The van der Waals surface area contributed by atoms with Gasteiger partial charge in [-0.15, -0.1) is 0 Å². The summed E-state index contributed by atoms with van der Waals surface area (Å²) >= 11 is 0. The van der Waals surface area contributed by atoms with Crippen LogP contribution in [0.25, 0.3) is 0 Å².